The van der Waals surface area contributed by atoms with Gasteiger partial charge < -0.3 is 10.2 Å². The monoisotopic (exact) mass is 419 g/mol. The van der Waals surface area contributed by atoms with Crippen molar-refractivity contribution in [1.29, 1.82) is 0 Å². The van der Waals surface area contributed by atoms with Gasteiger partial charge in [-0.2, -0.15) is 15.0 Å². The number of aryl methyl sites for hydroxylation is 2. The zero-order valence-corrected chi connectivity index (χ0v) is 17.3. The van der Waals surface area contributed by atoms with Gasteiger partial charge in [0.2, 0.25) is 5.95 Å². The van der Waals surface area contributed by atoms with Gasteiger partial charge in [-0.05, 0) is 44.9 Å². The standard InChI is InChI=1S/C22H22FN7O/c1-4-19-18(28-22-26-14(2)12-15(3)27-22)6-5-11-29(19)21(31)17-8-7-16(23)13-20(17)30-24-9-10-25-30/h1,7-10,12-13,18-19H,5-6,11H2,2-3H3,(H,26,27,28)/t18-,19+/m1/s1. The molecule has 0 radical (unpaired) electrons. The van der Waals surface area contributed by atoms with Gasteiger partial charge in [-0.15, -0.1) is 6.42 Å². The number of terminal acetylenes is 1. The Balaban J connectivity index is 1.63. The number of halogens is 1. The van der Waals surface area contributed by atoms with Crippen molar-refractivity contribution < 1.29 is 9.18 Å². The summed E-state index contributed by atoms with van der Waals surface area (Å²) in [4.78, 5) is 25.2. The fourth-order valence-electron chi connectivity index (χ4n) is 3.88. The van der Waals surface area contributed by atoms with Crippen LogP contribution >= 0.6 is 0 Å². The Hall–Kier alpha value is -3.80. The van der Waals surface area contributed by atoms with Crippen molar-refractivity contribution in [2.75, 3.05) is 11.9 Å². The highest BCUT2D eigenvalue weighted by Crippen LogP contribution is 2.25. The molecule has 1 fully saturated rings. The van der Waals surface area contributed by atoms with Crippen LogP contribution in [0, 0.1) is 32.0 Å². The number of nitrogens with one attached hydrogen (secondary N) is 1. The van der Waals surface area contributed by atoms with Crippen LogP contribution in [0.2, 0.25) is 0 Å². The molecule has 9 heteroatoms. The molecule has 2 atom stereocenters. The first-order chi connectivity index (χ1) is 15.0. The number of rotatable bonds is 4. The Labute approximate surface area is 179 Å². The van der Waals surface area contributed by atoms with Gasteiger partial charge in [-0.3, -0.25) is 4.79 Å². The second kappa shape index (κ2) is 8.52. The number of carbonyl (C=O) groups excluding carboxylic acids is 1. The molecule has 158 valence electrons. The van der Waals surface area contributed by atoms with Crippen LogP contribution in [-0.4, -0.2) is 54.4 Å². The number of piperidine rings is 1. The van der Waals surface area contributed by atoms with E-state index < -0.39 is 11.9 Å². The van der Waals surface area contributed by atoms with Gasteiger partial charge in [-0.1, -0.05) is 5.92 Å². The molecular weight excluding hydrogens is 397 g/mol. The Kier molecular flexibility index (Phi) is 5.62. The molecule has 8 nitrogen and oxygen atoms in total. The lowest BCUT2D eigenvalue weighted by molar-refractivity contribution is 0.0657. The third-order valence-corrected chi connectivity index (χ3v) is 5.18. The van der Waals surface area contributed by atoms with Crippen molar-refractivity contribution in [2.24, 2.45) is 0 Å². The maximum absolute atomic E-state index is 13.9. The van der Waals surface area contributed by atoms with E-state index in [2.05, 4.69) is 31.4 Å². The summed E-state index contributed by atoms with van der Waals surface area (Å²) in [5, 5.41) is 11.4. The first kappa shape index (κ1) is 20.5. The molecule has 2 aromatic heterocycles. The van der Waals surface area contributed by atoms with Gasteiger partial charge in [0, 0.05) is 24.0 Å². The van der Waals surface area contributed by atoms with E-state index in [1.165, 1.54) is 35.4 Å². The van der Waals surface area contributed by atoms with E-state index in [-0.39, 0.29) is 23.2 Å². The third-order valence-electron chi connectivity index (χ3n) is 5.18. The number of hydrogen-bond donors (Lipinski definition) is 1. The molecule has 1 amide bonds. The summed E-state index contributed by atoms with van der Waals surface area (Å²) in [6, 6.07) is 5.08. The molecule has 1 saturated heterocycles. The Bertz CT molecular complexity index is 1120. The van der Waals surface area contributed by atoms with Crippen LogP contribution in [0.3, 0.4) is 0 Å². The molecule has 3 aromatic rings. The fourth-order valence-corrected chi connectivity index (χ4v) is 3.88. The minimum Gasteiger partial charge on any atom is -0.348 e. The van der Waals surface area contributed by atoms with Crippen LogP contribution in [0.1, 0.15) is 34.6 Å². The molecule has 0 spiro atoms. The lowest BCUT2D eigenvalue weighted by atomic mass is 9.95. The molecule has 0 bridgehead atoms. The molecule has 31 heavy (non-hydrogen) atoms. The van der Waals surface area contributed by atoms with Crippen LogP contribution in [0.25, 0.3) is 5.69 Å². The maximum Gasteiger partial charge on any atom is 0.257 e. The van der Waals surface area contributed by atoms with Crippen molar-refractivity contribution in [1.82, 2.24) is 29.9 Å². The summed E-state index contributed by atoms with van der Waals surface area (Å²) in [6.07, 6.45) is 10.3. The molecular formula is C22H22FN7O. The quantitative estimate of drug-likeness (QED) is 0.654. The zero-order valence-electron chi connectivity index (χ0n) is 17.3. The van der Waals surface area contributed by atoms with Crippen molar-refractivity contribution in [3.63, 3.8) is 0 Å². The maximum atomic E-state index is 13.9. The number of benzene rings is 1. The SMILES string of the molecule is C#C[C@H]1[C@H](Nc2nc(C)cc(C)n2)CCCN1C(=O)c1ccc(F)cc1-n1nccn1. The Morgan fingerprint density at radius 3 is 2.58 bits per heavy atom. The number of amides is 1. The van der Waals surface area contributed by atoms with Crippen LogP contribution in [0.5, 0.6) is 0 Å². The lowest BCUT2D eigenvalue weighted by Gasteiger charge is -2.39. The van der Waals surface area contributed by atoms with Gasteiger partial charge in [0.05, 0.1) is 24.0 Å². The summed E-state index contributed by atoms with van der Waals surface area (Å²) >= 11 is 0. The lowest BCUT2D eigenvalue weighted by Crippen LogP contribution is -2.53. The number of anilines is 1. The van der Waals surface area contributed by atoms with Crippen molar-refractivity contribution in [3.8, 4) is 18.0 Å². The van der Waals surface area contributed by atoms with Crippen LogP contribution in [-0.2, 0) is 0 Å². The highest BCUT2D eigenvalue weighted by molar-refractivity contribution is 5.98. The summed E-state index contributed by atoms with van der Waals surface area (Å²) in [7, 11) is 0. The minimum atomic E-state index is -0.519. The normalized spacial score (nSPS) is 18.5. The molecule has 0 unspecified atom stereocenters. The number of aromatic nitrogens is 5. The molecule has 1 N–H and O–H groups in total. The summed E-state index contributed by atoms with van der Waals surface area (Å²) in [5.41, 5.74) is 2.23. The second-order valence-corrected chi connectivity index (χ2v) is 7.46. The average Bonchev–Trinajstić information content (AvgIpc) is 3.27. The molecule has 0 aliphatic carbocycles. The van der Waals surface area contributed by atoms with Gasteiger partial charge in [0.1, 0.15) is 17.5 Å². The second-order valence-electron chi connectivity index (χ2n) is 7.46. The van der Waals surface area contributed by atoms with E-state index in [1.807, 2.05) is 19.9 Å². The highest BCUT2D eigenvalue weighted by atomic mass is 19.1. The van der Waals surface area contributed by atoms with Crippen LogP contribution in [0.15, 0.2) is 36.7 Å². The van der Waals surface area contributed by atoms with Gasteiger partial charge >= 0.3 is 0 Å². The first-order valence-corrected chi connectivity index (χ1v) is 9.98. The smallest absolute Gasteiger partial charge is 0.257 e. The van der Waals surface area contributed by atoms with Crippen molar-refractivity contribution in [2.45, 2.75) is 38.8 Å². The largest absolute Gasteiger partial charge is 0.348 e. The van der Waals surface area contributed by atoms with E-state index >= 15 is 0 Å². The molecule has 0 saturated carbocycles. The average molecular weight is 419 g/mol. The predicted molar refractivity (Wildman–Crippen MR) is 113 cm³/mol. The van der Waals surface area contributed by atoms with E-state index in [1.54, 1.807) is 4.90 Å². The van der Waals surface area contributed by atoms with E-state index in [9.17, 15) is 9.18 Å². The number of carbonyl (C=O) groups is 1. The molecule has 4 rings (SSSR count). The molecule has 3 heterocycles. The van der Waals surface area contributed by atoms with Crippen LogP contribution < -0.4 is 5.32 Å². The number of likely N-dealkylation sites (tertiary alicyclic amines) is 1. The highest BCUT2D eigenvalue weighted by Gasteiger charge is 2.35. The number of nitrogens with zero attached hydrogens (tertiary/aromatic N) is 6. The minimum absolute atomic E-state index is 0.212. The Morgan fingerprint density at radius 2 is 1.90 bits per heavy atom. The van der Waals surface area contributed by atoms with Crippen molar-refractivity contribution >= 4 is 11.9 Å². The summed E-state index contributed by atoms with van der Waals surface area (Å²) in [5.74, 6) is 2.44. The first-order valence-electron chi connectivity index (χ1n) is 9.98. The van der Waals surface area contributed by atoms with E-state index in [0.29, 0.717) is 12.5 Å². The Morgan fingerprint density at radius 1 is 1.19 bits per heavy atom. The number of hydrogen-bond acceptors (Lipinski definition) is 6. The van der Waals surface area contributed by atoms with Crippen molar-refractivity contribution in [3.05, 3.63) is 59.4 Å². The van der Waals surface area contributed by atoms with Gasteiger partial charge in [0.25, 0.3) is 5.91 Å². The predicted octanol–water partition coefficient (Wildman–Crippen LogP) is 2.53. The van der Waals surface area contributed by atoms with Gasteiger partial charge in [-0.25, -0.2) is 14.4 Å². The topological polar surface area (TPSA) is 88.8 Å². The molecule has 1 aliphatic rings. The molecule has 1 aromatic carbocycles. The van der Waals surface area contributed by atoms with Crippen LogP contribution in [0.4, 0.5) is 10.3 Å². The third kappa shape index (κ3) is 4.23. The zero-order chi connectivity index (χ0) is 22.0. The summed E-state index contributed by atoms with van der Waals surface area (Å²) < 4.78 is 13.9. The molecule has 1 aliphatic heterocycles. The summed E-state index contributed by atoms with van der Waals surface area (Å²) in [6.45, 7) is 4.28. The van der Waals surface area contributed by atoms with E-state index in [4.69, 9.17) is 6.42 Å². The van der Waals surface area contributed by atoms with E-state index in [0.717, 1.165) is 24.2 Å². The fraction of sp³-hybridized carbons (Fsp3) is 0.318. The van der Waals surface area contributed by atoms with Gasteiger partial charge in [0.15, 0.2) is 0 Å².